The van der Waals surface area contributed by atoms with Crippen LogP contribution in [0.3, 0.4) is 0 Å². The second-order valence-corrected chi connectivity index (χ2v) is 12.4. The van der Waals surface area contributed by atoms with Crippen molar-refractivity contribution in [3.05, 3.63) is 44.1 Å². The summed E-state index contributed by atoms with van der Waals surface area (Å²) in [5.74, 6) is 1.72. The summed E-state index contributed by atoms with van der Waals surface area (Å²) >= 11 is 3.09. The molecule has 4 fully saturated rings. The first-order chi connectivity index (χ1) is 15.9. The summed E-state index contributed by atoms with van der Waals surface area (Å²) in [6.07, 6.45) is 6.97. The minimum Gasteiger partial charge on any atom is -0.463 e. The number of allylic oxidation sites excluding steroid dienone is 1. The van der Waals surface area contributed by atoms with E-state index in [2.05, 4.69) is 5.32 Å². The lowest BCUT2D eigenvalue weighted by Crippen LogP contribution is -2.50. The summed E-state index contributed by atoms with van der Waals surface area (Å²) in [6, 6.07) is 4.03. The fourth-order valence-corrected chi connectivity index (χ4v) is 9.57. The third kappa shape index (κ3) is 3.22. The summed E-state index contributed by atoms with van der Waals surface area (Å²) in [7, 11) is 0. The molecule has 0 unspecified atom stereocenters. The van der Waals surface area contributed by atoms with Crippen LogP contribution in [0.15, 0.2) is 28.8 Å². The maximum atomic E-state index is 14.1. The molecule has 2 aromatic heterocycles. The highest BCUT2D eigenvalue weighted by molar-refractivity contribution is 7.19. The van der Waals surface area contributed by atoms with Crippen molar-refractivity contribution in [2.75, 3.05) is 17.7 Å². The van der Waals surface area contributed by atoms with E-state index in [4.69, 9.17) is 10.5 Å². The number of hydrogen-bond acceptors (Lipinski definition) is 7. The van der Waals surface area contributed by atoms with Gasteiger partial charge in [-0.3, -0.25) is 4.79 Å². The molecule has 1 atom stereocenters. The number of ether oxygens (including phenoxy) is 1. The molecule has 5 nitrogen and oxygen atoms in total. The maximum Gasteiger partial charge on any atom is 0.336 e. The van der Waals surface area contributed by atoms with Crippen molar-refractivity contribution in [3.8, 4) is 0 Å². The molecule has 0 spiro atoms. The third-order valence-corrected chi connectivity index (χ3v) is 10.4. The molecule has 1 aliphatic heterocycles. The van der Waals surface area contributed by atoms with Gasteiger partial charge in [0.1, 0.15) is 0 Å². The van der Waals surface area contributed by atoms with Gasteiger partial charge < -0.3 is 15.8 Å². The molecule has 3 N–H and O–H groups in total. The quantitative estimate of drug-likeness (QED) is 0.392. The van der Waals surface area contributed by atoms with Crippen LogP contribution in [0.25, 0.3) is 0 Å². The molecule has 0 aromatic carbocycles. The molecule has 3 heterocycles. The number of nitrogens with two attached hydrogens (primary N) is 1. The lowest BCUT2D eigenvalue weighted by molar-refractivity contribution is -0.138. The molecule has 174 valence electrons. The van der Waals surface area contributed by atoms with Crippen LogP contribution in [0.1, 0.15) is 78.4 Å². The Balaban J connectivity index is 1.43. The highest BCUT2D eigenvalue weighted by atomic mass is 32.1. The maximum absolute atomic E-state index is 14.1. The first-order valence-electron chi connectivity index (χ1n) is 12.1. The number of ketones is 1. The predicted molar refractivity (Wildman–Crippen MR) is 133 cm³/mol. The number of thiophene rings is 2. The van der Waals surface area contributed by atoms with E-state index in [0.717, 1.165) is 40.4 Å². The van der Waals surface area contributed by atoms with Gasteiger partial charge >= 0.3 is 5.97 Å². The third-order valence-electron chi connectivity index (χ3n) is 8.32. The van der Waals surface area contributed by atoms with Gasteiger partial charge in [-0.05, 0) is 81.6 Å². The van der Waals surface area contributed by atoms with Crippen LogP contribution >= 0.6 is 22.7 Å². The molecule has 0 radical (unpaired) electrons. The van der Waals surface area contributed by atoms with Gasteiger partial charge in [-0.15, -0.1) is 22.7 Å². The smallest absolute Gasteiger partial charge is 0.336 e. The monoisotopic (exact) mass is 482 g/mol. The zero-order valence-corrected chi connectivity index (χ0v) is 20.7. The van der Waals surface area contributed by atoms with Crippen molar-refractivity contribution in [3.63, 3.8) is 0 Å². The molecule has 33 heavy (non-hydrogen) atoms. The number of esters is 1. The lowest BCUT2D eigenvalue weighted by Gasteiger charge is -2.55. The van der Waals surface area contributed by atoms with E-state index in [9.17, 15) is 9.59 Å². The first-order valence-corrected chi connectivity index (χ1v) is 13.7. The number of carbonyl (C=O) groups is 2. The van der Waals surface area contributed by atoms with E-state index in [1.807, 2.05) is 31.4 Å². The van der Waals surface area contributed by atoms with E-state index in [0.29, 0.717) is 40.5 Å². The van der Waals surface area contributed by atoms with Crippen LogP contribution in [0.2, 0.25) is 0 Å². The van der Waals surface area contributed by atoms with E-state index in [-0.39, 0.29) is 23.1 Å². The predicted octanol–water partition coefficient (Wildman–Crippen LogP) is 6.19. The van der Waals surface area contributed by atoms with Gasteiger partial charge in [0, 0.05) is 21.6 Å². The number of rotatable bonds is 5. The van der Waals surface area contributed by atoms with Gasteiger partial charge in [-0.25, -0.2) is 4.79 Å². The van der Waals surface area contributed by atoms with Crippen molar-refractivity contribution < 1.29 is 14.3 Å². The molecule has 4 aliphatic carbocycles. The van der Waals surface area contributed by atoms with Gasteiger partial charge in [0.05, 0.1) is 33.7 Å². The second kappa shape index (κ2) is 7.70. The fourth-order valence-electron chi connectivity index (χ4n) is 7.45. The molecule has 7 rings (SSSR count). The van der Waals surface area contributed by atoms with Gasteiger partial charge in [-0.1, -0.05) is 6.07 Å². The average molecular weight is 483 g/mol. The van der Waals surface area contributed by atoms with E-state index in [1.54, 1.807) is 11.3 Å². The number of anilines is 2. The Morgan fingerprint density at radius 3 is 2.42 bits per heavy atom. The molecule has 5 aliphatic rings. The SMILES string of the molecule is CCOC(=O)C1=C(C)Nc2sc(C(=O)C34CC5CC(CC(C5)C3)C4)c(N)c2[C@H]1c1cccs1. The summed E-state index contributed by atoms with van der Waals surface area (Å²) < 4.78 is 5.42. The zero-order valence-electron chi connectivity index (χ0n) is 19.1. The van der Waals surface area contributed by atoms with Crippen molar-refractivity contribution in [2.45, 2.75) is 58.3 Å². The average Bonchev–Trinajstić information content (AvgIpc) is 3.40. The van der Waals surface area contributed by atoms with Crippen molar-refractivity contribution in [1.82, 2.24) is 0 Å². The molecule has 7 heteroatoms. The lowest BCUT2D eigenvalue weighted by atomic mass is 9.48. The minimum atomic E-state index is -0.328. The summed E-state index contributed by atoms with van der Waals surface area (Å²) in [4.78, 5) is 28.8. The first kappa shape index (κ1) is 21.4. The Bertz CT molecular complexity index is 1130. The van der Waals surface area contributed by atoms with Gasteiger partial charge in [0.2, 0.25) is 0 Å². The number of Topliss-reactive ketones (excluding diaryl/α,β-unsaturated/α-hetero) is 1. The molecule has 2 aromatic rings. The van der Waals surface area contributed by atoms with Gasteiger partial charge in [0.25, 0.3) is 0 Å². The van der Waals surface area contributed by atoms with Crippen LogP contribution in [0.5, 0.6) is 0 Å². The number of carbonyl (C=O) groups excluding carboxylic acids is 2. The van der Waals surface area contributed by atoms with Gasteiger partial charge in [0.15, 0.2) is 5.78 Å². The molecule has 0 saturated heterocycles. The highest BCUT2D eigenvalue weighted by Crippen LogP contribution is 2.62. The molecule has 0 amide bonds. The summed E-state index contributed by atoms with van der Waals surface area (Å²) in [5, 5.41) is 6.31. The van der Waals surface area contributed by atoms with E-state index in [1.165, 1.54) is 30.6 Å². The topological polar surface area (TPSA) is 81.4 Å². The Kier molecular flexibility index (Phi) is 5.00. The number of hydrogen-bond donors (Lipinski definition) is 2. The van der Waals surface area contributed by atoms with Crippen LogP contribution in [-0.2, 0) is 9.53 Å². The van der Waals surface area contributed by atoms with Crippen LogP contribution in [-0.4, -0.2) is 18.4 Å². The number of nitrogen functional groups attached to an aromatic ring is 1. The van der Waals surface area contributed by atoms with E-state index < -0.39 is 0 Å². The Morgan fingerprint density at radius 1 is 1.18 bits per heavy atom. The standard InChI is InChI=1S/C26H30N2O3S2/c1-3-31-25(30)18-13(2)28-24-20(19(18)17-5-4-6-32-17)21(27)22(33-24)23(29)26-10-14-7-15(11-26)9-16(8-14)12-26/h4-6,14-16,19,28H,3,7-12,27H2,1-2H3/t14?,15?,16?,19-,26?/m0/s1. The summed E-state index contributed by atoms with van der Waals surface area (Å²) in [6.45, 7) is 4.04. The molecular formula is C26H30N2O3S2. The van der Waals surface area contributed by atoms with Crippen LogP contribution in [0.4, 0.5) is 10.7 Å². The molecular weight excluding hydrogens is 452 g/mol. The van der Waals surface area contributed by atoms with Crippen LogP contribution < -0.4 is 11.1 Å². The Labute approximate surface area is 202 Å². The van der Waals surface area contributed by atoms with Gasteiger partial charge in [-0.2, -0.15) is 0 Å². The Hall–Kier alpha value is -2.12. The molecule has 4 saturated carbocycles. The van der Waals surface area contributed by atoms with Crippen molar-refractivity contribution in [2.24, 2.45) is 23.2 Å². The second-order valence-electron chi connectivity index (χ2n) is 10.4. The Morgan fingerprint density at radius 2 is 1.85 bits per heavy atom. The van der Waals surface area contributed by atoms with E-state index >= 15 is 0 Å². The number of nitrogens with one attached hydrogen (secondary N) is 1. The minimum absolute atomic E-state index is 0.235. The fraction of sp³-hybridized carbons (Fsp3) is 0.538. The molecule has 4 bridgehead atoms. The highest BCUT2D eigenvalue weighted by Gasteiger charge is 2.55. The number of fused-ring (bicyclic) bond motifs is 1. The van der Waals surface area contributed by atoms with Crippen molar-refractivity contribution >= 4 is 45.1 Å². The normalized spacial score (nSPS) is 31.9. The van der Waals surface area contributed by atoms with Crippen LogP contribution in [0, 0.1) is 23.2 Å². The largest absolute Gasteiger partial charge is 0.463 e. The zero-order chi connectivity index (χ0) is 22.9. The van der Waals surface area contributed by atoms with Crippen molar-refractivity contribution in [1.29, 1.82) is 0 Å². The summed E-state index contributed by atoms with van der Waals surface area (Å²) in [5.41, 5.74) is 9.34.